The van der Waals surface area contributed by atoms with Crippen LogP contribution in [0.3, 0.4) is 0 Å². The van der Waals surface area contributed by atoms with E-state index >= 15 is 0 Å². The summed E-state index contributed by atoms with van der Waals surface area (Å²) in [5, 5.41) is 42.8. The van der Waals surface area contributed by atoms with Crippen molar-refractivity contribution in [1.82, 2.24) is 0 Å². The van der Waals surface area contributed by atoms with Gasteiger partial charge in [-0.3, -0.25) is 9.59 Å². The van der Waals surface area contributed by atoms with Crippen molar-refractivity contribution in [3.63, 3.8) is 0 Å². The molecule has 0 radical (unpaired) electrons. The van der Waals surface area contributed by atoms with E-state index in [0.29, 0.717) is 12.8 Å². The number of carboxylic acid groups (broad SMARTS) is 2. The summed E-state index contributed by atoms with van der Waals surface area (Å²) in [6.45, 7) is 7.06. The van der Waals surface area contributed by atoms with Gasteiger partial charge in [0.05, 0.1) is 25.2 Å². The molecule has 49 heavy (non-hydrogen) atoms. The van der Waals surface area contributed by atoms with E-state index in [1.54, 1.807) is 0 Å². The molecule has 5 N–H and O–H groups in total. The van der Waals surface area contributed by atoms with Crippen molar-refractivity contribution in [3.05, 3.63) is 37.0 Å². The van der Waals surface area contributed by atoms with Gasteiger partial charge in [0.2, 0.25) is 0 Å². The normalized spacial score (nSPS) is 11.3. The minimum atomic E-state index is -0.903. The van der Waals surface area contributed by atoms with Gasteiger partial charge in [0.1, 0.15) is 0 Å². The summed E-state index contributed by atoms with van der Waals surface area (Å²) in [7, 11) is 0. The highest BCUT2D eigenvalue weighted by molar-refractivity contribution is 5.66. The Morgan fingerprint density at radius 3 is 0.898 bits per heavy atom. The molecule has 0 heterocycles. The van der Waals surface area contributed by atoms with Gasteiger partial charge in [-0.2, -0.15) is 0 Å². The summed E-state index contributed by atoms with van der Waals surface area (Å²) in [6.07, 6.45) is 43.8. The summed E-state index contributed by atoms with van der Waals surface area (Å²) >= 11 is 0. The van der Waals surface area contributed by atoms with Crippen LogP contribution in [0.15, 0.2) is 37.0 Å². The van der Waals surface area contributed by atoms with Crippen LogP contribution in [-0.2, 0) is 9.59 Å². The molecule has 0 unspecified atom stereocenters. The zero-order valence-electron chi connectivity index (χ0n) is 32.1. The zero-order valence-corrected chi connectivity index (χ0v) is 32.1. The third-order valence-electron chi connectivity index (χ3n) is 8.68. The number of carbonyl (C=O) groups is 2. The molecule has 0 aromatic carbocycles. The number of unbranched alkanes of at least 4 members (excludes halogenated alkanes) is 22. The Labute approximate surface area is 302 Å². The van der Waals surface area contributed by atoms with Crippen molar-refractivity contribution >= 4 is 11.9 Å². The van der Waals surface area contributed by atoms with E-state index in [4.69, 9.17) is 25.5 Å². The topological polar surface area (TPSA) is 135 Å². The van der Waals surface area contributed by atoms with Crippen molar-refractivity contribution in [1.29, 1.82) is 0 Å². The van der Waals surface area contributed by atoms with E-state index in [0.717, 1.165) is 25.7 Å². The third-order valence-corrected chi connectivity index (χ3v) is 8.68. The molecular weight excluding hydrogens is 616 g/mol. The summed E-state index contributed by atoms with van der Waals surface area (Å²) in [4.78, 5) is 20.6. The Kier molecular flexibility index (Phi) is 46.2. The molecule has 0 saturated heterocycles. The first-order chi connectivity index (χ1) is 23.8. The first-order valence-electron chi connectivity index (χ1n) is 20.0. The van der Waals surface area contributed by atoms with Crippen LogP contribution in [0.4, 0.5) is 0 Å². The van der Waals surface area contributed by atoms with Gasteiger partial charge in [0, 0.05) is 12.8 Å². The van der Waals surface area contributed by atoms with Crippen molar-refractivity contribution in [2.24, 2.45) is 5.41 Å². The van der Waals surface area contributed by atoms with Gasteiger partial charge in [-0.05, 0) is 64.2 Å². The van der Waals surface area contributed by atoms with Crippen molar-refractivity contribution in [2.75, 3.05) is 19.8 Å². The first kappa shape index (κ1) is 51.4. The molecule has 0 atom stereocenters. The molecule has 0 aromatic heterocycles. The van der Waals surface area contributed by atoms with Crippen LogP contribution in [0.1, 0.15) is 194 Å². The Morgan fingerprint density at radius 1 is 0.449 bits per heavy atom. The molecular formula is C42H80O7. The molecule has 0 bridgehead atoms. The average Bonchev–Trinajstić information content (AvgIpc) is 3.10. The predicted octanol–water partition coefficient (Wildman–Crippen LogP) is 11.4. The van der Waals surface area contributed by atoms with Gasteiger partial charge in [-0.25, -0.2) is 0 Å². The number of aliphatic hydroxyl groups excluding tert-OH is 3. The maximum Gasteiger partial charge on any atom is 0.303 e. The van der Waals surface area contributed by atoms with E-state index in [1.807, 2.05) is 0 Å². The fourth-order valence-corrected chi connectivity index (χ4v) is 5.04. The van der Waals surface area contributed by atoms with E-state index < -0.39 is 17.4 Å². The predicted molar refractivity (Wildman–Crippen MR) is 208 cm³/mol. The van der Waals surface area contributed by atoms with Gasteiger partial charge in [0.15, 0.2) is 0 Å². The number of hydrogen-bond donors (Lipinski definition) is 5. The maximum absolute atomic E-state index is 10.3. The number of allylic oxidation sites excluding steroid dienone is 4. The molecule has 7 nitrogen and oxygen atoms in total. The standard InChI is InChI=1S/2C18H34O2.C6H12O3/c2*1-2-3-4-5-6-7-8-9-10-11-12-13-14-15-16-17-18(19)20;1-2-6(3-7,4-8)5-9/h2*9-10H,2-8,11-17H2,1H3,(H,19,20);2,7-9H,1,3-5H2/b2*10-9-;. The largest absolute Gasteiger partial charge is 0.481 e. The minimum Gasteiger partial charge on any atom is -0.481 e. The zero-order chi connectivity index (χ0) is 37.1. The molecule has 7 heteroatoms. The molecule has 0 saturated carbocycles. The lowest BCUT2D eigenvalue weighted by Gasteiger charge is -2.21. The maximum atomic E-state index is 10.3. The molecule has 0 aliphatic rings. The molecule has 0 aliphatic heterocycles. The molecule has 0 amide bonds. The number of aliphatic carboxylic acids is 2. The van der Waals surface area contributed by atoms with Crippen molar-refractivity contribution in [3.8, 4) is 0 Å². The molecule has 0 spiro atoms. The monoisotopic (exact) mass is 697 g/mol. The SMILES string of the molecule is C=CC(CO)(CO)CO.CCCCCCCC/C=C\CCCCCCCC(=O)O.CCCCCCCC/C=C\CCCCCCCC(=O)O. The lowest BCUT2D eigenvalue weighted by atomic mass is 9.92. The van der Waals surface area contributed by atoms with Gasteiger partial charge >= 0.3 is 11.9 Å². The summed E-state index contributed by atoms with van der Waals surface area (Å²) in [5.74, 6) is -1.33. The van der Waals surface area contributed by atoms with Gasteiger partial charge in [-0.1, -0.05) is 147 Å². The highest BCUT2D eigenvalue weighted by Gasteiger charge is 2.23. The van der Waals surface area contributed by atoms with E-state index in [2.05, 4.69) is 44.7 Å². The number of aliphatic hydroxyl groups is 3. The Hall–Kier alpha value is -1.96. The first-order valence-corrected chi connectivity index (χ1v) is 20.0. The van der Waals surface area contributed by atoms with E-state index in [9.17, 15) is 9.59 Å². The van der Waals surface area contributed by atoms with Gasteiger partial charge in [0.25, 0.3) is 0 Å². The van der Waals surface area contributed by atoms with E-state index in [-0.39, 0.29) is 19.8 Å². The minimum absolute atomic E-state index is 0.274. The number of carboxylic acids is 2. The number of hydrogen-bond acceptors (Lipinski definition) is 5. The lowest BCUT2D eigenvalue weighted by Crippen LogP contribution is -2.31. The highest BCUT2D eigenvalue weighted by atomic mass is 16.4. The van der Waals surface area contributed by atoms with E-state index in [1.165, 1.54) is 147 Å². The second kappa shape index (κ2) is 44.1. The van der Waals surface area contributed by atoms with Crippen LogP contribution in [-0.4, -0.2) is 57.3 Å². The fourth-order valence-electron chi connectivity index (χ4n) is 5.04. The number of rotatable bonds is 34. The second-order valence-electron chi connectivity index (χ2n) is 13.5. The summed E-state index contributed by atoms with van der Waals surface area (Å²) in [5.41, 5.74) is -0.903. The third kappa shape index (κ3) is 46.0. The molecule has 290 valence electrons. The highest BCUT2D eigenvalue weighted by Crippen LogP contribution is 2.15. The smallest absolute Gasteiger partial charge is 0.303 e. The van der Waals surface area contributed by atoms with Crippen LogP contribution < -0.4 is 0 Å². The Balaban J connectivity index is -0.000000695. The Bertz CT molecular complexity index is 685. The van der Waals surface area contributed by atoms with Gasteiger partial charge in [-0.15, -0.1) is 6.58 Å². The van der Waals surface area contributed by atoms with Crippen LogP contribution in [0, 0.1) is 5.41 Å². The lowest BCUT2D eigenvalue weighted by molar-refractivity contribution is -0.138. The van der Waals surface area contributed by atoms with Crippen LogP contribution in [0.5, 0.6) is 0 Å². The van der Waals surface area contributed by atoms with Crippen molar-refractivity contribution < 1.29 is 35.1 Å². The molecule has 0 aromatic rings. The summed E-state index contributed by atoms with van der Waals surface area (Å²) < 4.78 is 0. The van der Waals surface area contributed by atoms with Crippen LogP contribution in [0.2, 0.25) is 0 Å². The average molecular weight is 697 g/mol. The molecule has 0 fully saturated rings. The molecule has 0 aliphatic carbocycles. The molecule has 0 rings (SSSR count). The van der Waals surface area contributed by atoms with Crippen molar-refractivity contribution in [2.45, 2.75) is 194 Å². The summed E-state index contributed by atoms with van der Waals surface area (Å²) in [6, 6.07) is 0. The quantitative estimate of drug-likeness (QED) is 0.0334. The van der Waals surface area contributed by atoms with Crippen LogP contribution >= 0.6 is 0 Å². The van der Waals surface area contributed by atoms with Gasteiger partial charge < -0.3 is 25.5 Å². The van der Waals surface area contributed by atoms with Crippen LogP contribution in [0.25, 0.3) is 0 Å². The second-order valence-corrected chi connectivity index (χ2v) is 13.5. The Morgan fingerprint density at radius 2 is 0.694 bits per heavy atom. The fraction of sp³-hybridized carbons (Fsp3) is 0.810.